The highest BCUT2D eigenvalue weighted by Gasteiger charge is 2.12. The number of hydrogen-bond donors (Lipinski definition) is 0. The molecule has 0 bridgehead atoms. The van der Waals surface area contributed by atoms with E-state index < -0.39 is 11.8 Å². The number of halogens is 1. The van der Waals surface area contributed by atoms with Gasteiger partial charge in [-0.2, -0.15) is 5.26 Å². The molecule has 0 saturated carbocycles. The van der Waals surface area contributed by atoms with E-state index in [1.165, 1.54) is 43.5 Å². The zero-order chi connectivity index (χ0) is 15.2. The molecule has 0 N–H and O–H groups in total. The lowest BCUT2D eigenvalue weighted by atomic mass is 10.1. The number of ether oxygens (including phenoxy) is 2. The topological polar surface area (TPSA) is 59.3 Å². The first kappa shape index (κ1) is 14.5. The lowest BCUT2D eigenvalue weighted by molar-refractivity contribution is -0.133. The molecule has 0 amide bonds. The molecule has 0 atom stereocenters. The Morgan fingerprint density at radius 2 is 2.05 bits per heavy atom. The molecular formula is C16H12FNO3. The second-order valence-electron chi connectivity index (χ2n) is 4.26. The number of esters is 1. The fourth-order valence-electron chi connectivity index (χ4n) is 1.79. The summed E-state index contributed by atoms with van der Waals surface area (Å²) in [6, 6.07) is 12.2. The summed E-state index contributed by atoms with van der Waals surface area (Å²) in [5.74, 6) is -0.431. The molecular weight excluding hydrogens is 273 g/mol. The number of benzene rings is 2. The number of rotatable bonds is 4. The smallest absolute Gasteiger partial charge is 0.315 e. The van der Waals surface area contributed by atoms with E-state index in [4.69, 9.17) is 14.7 Å². The van der Waals surface area contributed by atoms with Crippen molar-refractivity contribution in [1.82, 2.24) is 0 Å². The molecule has 0 saturated heterocycles. The SMILES string of the molecule is COc1cc(C#N)ccc1OC(=O)Cc1cccc(F)c1. The van der Waals surface area contributed by atoms with Gasteiger partial charge in [-0.25, -0.2) is 4.39 Å². The van der Waals surface area contributed by atoms with Gasteiger partial charge in [0.2, 0.25) is 0 Å². The van der Waals surface area contributed by atoms with Gasteiger partial charge >= 0.3 is 5.97 Å². The van der Waals surface area contributed by atoms with Crippen LogP contribution in [0.1, 0.15) is 11.1 Å². The monoisotopic (exact) mass is 285 g/mol. The Morgan fingerprint density at radius 3 is 2.71 bits per heavy atom. The molecule has 0 aliphatic rings. The number of carbonyl (C=O) groups is 1. The minimum Gasteiger partial charge on any atom is -0.493 e. The first-order valence-corrected chi connectivity index (χ1v) is 6.15. The lowest BCUT2D eigenvalue weighted by Gasteiger charge is -2.09. The maximum Gasteiger partial charge on any atom is 0.315 e. The molecule has 21 heavy (non-hydrogen) atoms. The van der Waals surface area contributed by atoms with E-state index >= 15 is 0 Å². The van der Waals surface area contributed by atoms with Gasteiger partial charge in [-0.1, -0.05) is 12.1 Å². The average molecular weight is 285 g/mol. The van der Waals surface area contributed by atoms with Crippen LogP contribution in [0, 0.1) is 17.1 Å². The van der Waals surface area contributed by atoms with Crippen LogP contribution in [0.15, 0.2) is 42.5 Å². The van der Waals surface area contributed by atoms with Crippen LogP contribution in [-0.2, 0) is 11.2 Å². The van der Waals surface area contributed by atoms with Crippen molar-refractivity contribution < 1.29 is 18.7 Å². The largest absolute Gasteiger partial charge is 0.493 e. The van der Waals surface area contributed by atoms with Crippen molar-refractivity contribution in [2.24, 2.45) is 0 Å². The first-order valence-electron chi connectivity index (χ1n) is 6.15. The minimum absolute atomic E-state index is 0.0546. The van der Waals surface area contributed by atoms with Gasteiger partial charge in [0.1, 0.15) is 5.82 Å². The van der Waals surface area contributed by atoms with Crippen LogP contribution in [-0.4, -0.2) is 13.1 Å². The second kappa shape index (κ2) is 6.53. The summed E-state index contributed by atoms with van der Waals surface area (Å²) in [6.45, 7) is 0. The first-order chi connectivity index (χ1) is 10.1. The quantitative estimate of drug-likeness (QED) is 0.640. The van der Waals surface area contributed by atoms with Crippen LogP contribution in [0.4, 0.5) is 4.39 Å². The van der Waals surface area contributed by atoms with E-state index in [2.05, 4.69) is 0 Å². The summed E-state index contributed by atoms with van der Waals surface area (Å²) in [4.78, 5) is 11.9. The van der Waals surface area contributed by atoms with Crippen LogP contribution < -0.4 is 9.47 Å². The molecule has 0 radical (unpaired) electrons. The number of nitriles is 1. The molecule has 0 aromatic heterocycles. The maximum absolute atomic E-state index is 13.0. The Labute approximate surface area is 121 Å². The molecule has 0 heterocycles. The van der Waals surface area contributed by atoms with Gasteiger partial charge in [0.05, 0.1) is 25.2 Å². The van der Waals surface area contributed by atoms with Crippen molar-refractivity contribution >= 4 is 5.97 Å². The zero-order valence-corrected chi connectivity index (χ0v) is 11.3. The van der Waals surface area contributed by atoms with E-state index in [0.29, 0.717) is 16.9 Å². The normalized spacial score (nSPS) is 9.76. The summed E-state index contributed by atoms with van der Waals surface area (Å²) >= 11 is 0. The van der Waals surface area contributed by atoms with Crippen LogP contribution in [0.5, 0.6) is 11.5 Å². The number of carbonyl (C=O) groups excluding carboxylic acids is 1. The Morgan fingerprint density at radius 1 is 1.24 bits per heavy atom. The highest BCUT2D eigenvalue weighted by molar-refractivity contribution is 5.76. The minimum atomic E-state index is -0.538. The van der Waals surface area contributed by atoms with Crippen molar-refractivity contribution in [1.29, 1.82) is 5.26 Å². The van der Waals surface area contributed by atoms with Gasteiger partial charge in [0, 0.05) is 6.07 Å². The van der Waals surface area contributed by atoms with Gasteiger partial charge in [0.15, 0.2) is 11.5 Å². The third kappa shape index (κ3) is 3.80. The fourth-order valence-corrected chi connectivity index (χ4v) is 1.79. The summed E-state index contributed by atoms with van der Waals surface area (Å²) < 4.78 is 23.3. The van der Waals surface area contributed by atoms with Crippen molar-refractivity contribution in [3.8, 4) is 17.6 Å². The van der Waals surface area contributed by atoms with Crippen molar-refractivity contribution in [3.63, 3.8) is 0 Å². The third-order valence-electron chi connectivity index (χ3n) is 2.75. The summed E-state index contributed by atoms with van der Waals surface area (Å²) in [5.41, 5.74) is 0.921. The van der Waals surface area contributed by atoms with Gasteiger partial charge in [-0.05, 0) is 29.8 Å². The van der Waals surface area contributed by atoms with E-state index in [1.807, 2.05) is 6.07 Å². The van der Waals surface area contributed by atoms with E-state index in [1.54, 1.807) is 6.07 Å². The van der Waals surface area contributed by atoms with Gasteiger partial charge in [0.25, 0.3) is 0 Å². The lowest BCUT2D eigenvalue weighted by Crippen LogP contribution is -2.12. The zero-order valence-electron chi connectivity index (χ0n) is 11.3. The van der Waals surface area contributed by atoms with Crippen LogP contribution in [0.2, 0.25) is 0 Å². The Kier molecular flexibility index (Phi) is 4.52. The number of methoxy groups -OCH3 is 1. The van der Waals surface area contributed by atoms with Gasteiger partial charge < -0.3 is 9.47 Å². The van der Waals surface area contributed by atoms with Crippen molar-refractivity contribution in [2.75, 3.05) is 7.11 Å². The Balaban J connectivity index is 2.11. The molecule has 2 rings (SSSR count). The average Bonchev–Trinajstić information content (AvgIpc) is 2.47. The van der Waals surface area contributed by atoms with Gasteiger partial charge in [-0.15, -0.1) is 0 Å². The summed E-state index contributed by atoms with van der Waals surface area (Å²) in [7, 11) is 1.42. The summed E-state index contributed by atoms with van der Waals surface area (Å²) in [5, 5.41) is 8.80. The molecule has 0 fully saturated rings. The molecule has 0 aliphatic heterocycles. The highest BCUT2D eigenvalue weighted by Crippen LogP contribution is 2.28. The number of hydrogen-bond acceptors (Lipinski definition) is 4. The molecule has 0 unspecified atom stereocenters. The predicted molar refractivity (Wildman–Crippen MR) is 73.4 cm³/mol. The van der Waals surface area contributed by atoms with E-state index in [9.17, 15) is 9.18 Å². The van der Waals surface area contributed by atoms with E-state index in [0.717, 1.165) is 0 Å². The molecule has 2 aromatic carbocycles. The molecule has 2 aromatic rings. The molecule has 106 valence electrons. The Hall–Kier alpha value is -2.87. The summed E-state index contributed by atoms with van der Waals surface area (Å²) in [6.07, 6.45) is -0.0546. The van der Waals surface area contributed by atoms with Crippen LogP contribution in [0.3, 0.4) is 0 Å². The Bertz CT molecular complexity index is 707. The van der Waals surface area contributed by atoms with Gasteiger partial charge in [-0.3, -0.25) is 4.79 Å². The van der Waals surface area contributed by atoms with E-state index in [-0.39, 0.29) is 12.2 Å². The van der Waals surface area contributed by atoms with Crippen LogP contribution in [0.25, 0.3) is 0 Å². The van der Waals surface area contributed by atoms with Crippen molar-refractivity contribution in [2.45, 2.75) is 6.42 Å². The standard InChI is InChI=1S/C16H12FNO3/c1-20-15-8-12(10-18)5-6-14(15)21-16(19)9-11-3-2-4-13(17)7-11/h2-8H,9H2,1H3. The third-order valence-corrected chi connectivity index (χ3v) is 2.75. The maximum atomic E-state index is 13.0. The van der Waals surface area contributed by atoms with Crippen molar-refractivity contribution in [3.05, 3.63) is 59.4 Å². The molecule has 5 heteroatoms. The van der Waals surface area contributed by atoms with Crippen LogP contribution >= 0.6 is 0 Å². The molecule has 4 nitrogen and oxygen atoms in total. The molecule has 0 spiro atoms. The second-order valence-corrected chi connectivity index (χ2v) is 4.26. The molecule has 0 aliphatic carbocycles. The highest BCUT2D eigenvalue weighted by atomic mass is 19.1. The predicted octanol–water partition coefficient (Wildman–Crippen LogP) is 2.85. The fraction of sp³-hybridized carbons (Fsp3) is 0.125. The number of nitrogens with zero attached hydrogens (tertiary/aromatic N) is 1.